The molecule has 0 saturated heterocycles. The number of amides is 1. The Balaban J connectivity index is 1.45. The maximum absolute atomic E-state index is 12.0. The van der Waals surface area contributed by atoms with E-state index in [1.807, 2.05) is 18.2 Å². The van der Waals surface area contributed by atoms with Crippen LogP contribution in [0, 0.1) is 5.92 Å². The van der Waals surface area contributed by atoms with Crippen LogP contribution < -0.4 is 5.32 Å². The molecule has 1 aliphatic carbocycles. The van der Waals surface area contributed by atoms with E-state index in [-0.39, 0.29) is 18.6 Å². The number of ether oxygens (including phenoxy) is 1. The minimum Gasteiger partial charge on any atom is -0.368 e. The molecule has 2 aromatic heterocycles. The Bertz CT molecular complexity index is 656. The highest BCUT2D eigenvalue weighted by Gasteiger charge is 2.20. The highest BCUT2D eigenvalue weighted by Crippen LogP contribution is 2.25. The van der Waals surface area contributed by atoms with Gasteiger partial charge in [-0.1, -0.05) is 25.8 Å². The third-order valence-electron chi connectivity index (χ3n) is 4.31. The van der Waals surface area contributed by atoms with E-state index in [1.54, 1.807) is 23.3 Å². The first kappa shape index (κ1) is 16.6. The monoisotopic (exact) mass is 328 g/mol. The Morgan fingerprint density at radius 1 is 1.42 bits per heavy atom. The van der Waals surface area contributed by atoms with E-state index in [2.05, 4.69) is 22.3 Å². The molecule has 1 amide bonds. The Kier molecular flexibility index (Phi) is 5.59. The minimum atomic E-state index is -0.134. The normalized spacial score (nSPS) is 20.7. The molecule has 3 rings (SSSR count). The van der Waals surface area contributed by atoms with Crippen molar-refractivity contribution in [1.82, 2.24) is 14.8 Å². The number of anilines is 1. The quantitative estimate of drug-likeness (QED) is 0.885. The van der Waals surface area contributed by atoms with E-state index >= 15 is 0 Å². The van der Waals surface area contributed by atoms with Crippen LogP contribution in [0.15, 0.2) is 36.8 Å². The van der Waals surface area contributed by atoms with Crippen LogP contribution >= 0.6 is 0 Å². The lowest BCUT2D eigenvalue weighted by Crippen LogP contribution is -2.26. The molecule has 2 heterocycles. The van der Waals surface area contributed by atoms with Crippen LogP contribution in [0.1, 0.15) is 38.3 Å². The molecule has 0 radical (unpaired) electrons. The second-order valence-electron chi connectivity index (χ2n) is 6.50. The molecule has 24 heavy (non-hydrogen) atoms. The number of rotatable bonds is 6. The molecule has 0 unspecified atom stereocenters. The lowest BCUT2D eigenvalue weighted by atomic mass is 9.89. The number of hydrogen-bond donors (Lipinski definition) is 1. The number of aromatic nitrogens is 3. The molecule has 2 aromatic rings. The third kappa shape index (κ3) is 4.89. The fourth-order valence-corrected chi connectivity index (χ4v) is 3.09. The number of carbonyl (C=O) groups is 1. The second kappa shape index (κ2) is 8.06. The van der Waals surface area contributed by atoms with Crippen molar-refractivity contribution in [1.29, 1.82) is 0 Å². The van der Waals surface area contributed by atoms with Gasteiger partial charge in [-0.3, -0.25) is 14.5 Å². The van der Waals surface area contributed by atoms with Crippen molar-refractivity contribution >= 4 is 11.6 Å². The Morgan fingerprint density at radius 3 is 3.12 bits per heavy atom. The summed E-state index contributed by atoms with van der Waals surface area (Å²) in [5, 5.41) is 7.08. The predicted molar refractivity (Wildman–Crippen MR) is 91.6 cm³/mol. The summed E-state index contributed by atoms with van der Waals surface area (Å²) < 4.78 is 7.49. The number of carbonyl (C=O) groups excluding carboxylic acids is 1. The van der Waals surface area contributed by atoms with Gasteiger partial charge in [-0.2, -0.15) is 5.10 Å². The summed E-state index contributed by atoms with van der Waals surface area (Å²) in [4.78, 5) is 16.3. The lowest BCUT2D eigenvalue weighted by Gasteiger charge is -2.26. The third-order valence-corrected chi connectivity index (χ3v) is 4.31. The van der Waals surface area contributed by atoms with E-state index in [1.165, 1.54) is 12.8 Å². The summed E-state index contributed by atoms with van der Waals surface area (Å²) in [6.45, 7) is 2.92. The van der Waals surface area contributed by atoms with Gasteiger partial charge in [0.1, 0.15) is 6.61 Å². The summed E-state index contributed by atoms with van der Waals surface area (Å²) >= 11 is 0. The van der Waals surface area contributed by atoms with Gasteiger partial charge in [0, 0.05) is 12.4 Å². The van der Waals surface area contributed by atoms with Crippen molar-refractivity contribution in [3.8, 4) is 0 Å². The van der Waals surface area contributed by atoms with Gasteiger partial charge >= 0.3 is 0 Å². The largest absolute Gasteiger partial charge is 0.368 e. The standard InChI is InChI=1S/C18H24N4O2/c1-14-5-4-7-17(9-14)24-13-18(23)21-16-10-20-22(12-16)11-15-6-2-3-8-19-15/h2-3,6,8,10,12,14,17H,4-5,7,9,11,13H2,1H3,(H,21,23)/t14-,17-/m0/s1. The van der Waals surface area contributed by atoms with Gasteiger partial charge in [-0.25, -0.2) is 0 Å². The summed E-state index contributed by atoms with van der Waals surface area (Å²) in [6.07, 6.45) is 9.97. The van der Waals surface area contributed by atoms with Gasteiger partial charge in [-0.05, 0) is 30.9 Å². The molecule has 0 bridgehead atoms. The van der Waals surface area contributed by atoms with Gasteiger partial charge in [0.15, 0.2) is 0 Å². The molecule has 6 heteroatoms. The van der Waals surface area contributed by atoms with Crippen molar-refractivity contribution in [2.45, 2.75) is 45.3 Å². The molecule has 128 valence electrons. The molecule has 2 atom stereocenters. The van der Waals surface area contributed by atoms with Gasteiger partial charge in [-0.15, -0.1) is 0 Å². The van der Waals surface area contributed by atoms with E-state index in [0.717, 1.165) is 18.5 Å². The van der Waals surface area contributed by atoms with Crippen LogP contribution in [-0.4, -0.2) is 33.4 Å². The van der Waals surface area contributed by atoms with E-state index in [0.29, 0.717) is 18.2 Å². The van der Waals surface area contributed by atoms with E-state index in [4.69, 9.17) is 4.74 Å². The van der Waals surface area contributed by atoms with Crippen LogP contribution in [0.25, 0.3) is 0 Å². The molecule has 1 aliphatic rings. The van der Waals surface area contributed by atoms with Crippen molar-refractivity contribution in [3.05, 3.63) is 42.5 Å². The lowest BCUT2D eigenvalue weighted by molar-refractivity contribution is -0.123. The van der Waals surface area contributed by atoms with Gasteiger partial charge in [0.05, 0.1) is 30.2 Å². The Morgan fingerprint density at radius 2 is 2.33 bits per heavy atom. The van der Waals surface area contributed by atoms with Crippen LogP contribution in [-0.2, 0) is 16.1 Å². The zero-order valence-corrected chi connectivity index (χ0v) is 14.0. The van der Waals surface area contributed by atoms with Crippen LogP contribution in [0.2, 0.25) is 0 Å². The first-order chi connectivity index (χ1) is 11.7. The van der Waals surface area contributed by atoms with Crippen molar-refractivity contribution in [2.24, 2.45) is 5.92 Å². The average molecular weight is 328 g/mol. The molecule has 0 spiro atoms. The predicted octanol–water partition coefficient (Wildman–Crippen LogP) is 2.86. The van der Waals surface area contributed by atoms with Crippen LogP contribution in [0.4, 0.5) is 5.69 Å². The number of pyridine rings is 1. The second-order valence-corrected chi connectivity index (χ2v) is 6.50. The van der Waals surface area contributed by atoms with Gasteiger partial charge in [0.2, 0.25) is 5.91 Å². The molecule has 1 fully saturated rings. The first-order valence-electron chi connectivity index (χ1n) is 8.53. The Hall–Kier alpha value is -2.21. The smallest absolute Gasteiger partial charge is 0.250 e. The topological polar surface area (TPSA) is 69.0 Å². The molecular weight excluding hydrogens is 304 g/mol. The van der Waals surface area contributed by atoms with Crippen molar-refractivity contribution < 1.29 is 9.53 Å². The average Bonchev–Trinajstić information content (AvgIpc) is 3.01. The number of nitrogens with zero attached hydrogens (tertiary/aromatic N) is 3. The van der Waals surface area contributed by atoms with Crippen molar-refractivity contribution in [3.63, 3.8) is 0 Å². The number of hydrogen-bond acceptors (Lipinski definition) is 4. The maximum atomic E-state index is 12.0. The van der Waals surface area contributed by atoms with Crippen LogP contribution in [0.3, 0.4) is 0 Å². The van der Waals surface area contributed by atoms with Crippen LogP contribution in [0.5, 0.6) is 0 Å². The SMILES string of the molecule is C[C@H]1CCC[C@H](OCC(=O)Nc2cnn(Cc3ccccn3)c2)C1. The zero-order chi connectivity index (χ0) is 16.8. The molecule has 0 aromatic carbocycles. The van der Waals surface area contributed by atoms with E-state index < -0.39 is 0 Å². The Labute approximate surface area is 142 Å². The highest BCUT2D eigenvalue weighted by molar-refractivity contribution is 5.91. The molecule has 6 nitrogen and oxygen atoms in total. The summed E-state index contributed by atoms with van der Waals surface area (Å²) in [5.74, 6) is 0.558. The number of nitrogens with one attached hydrogen (secondary N) is 1. The van der Waals surface area contributed by atoms with Gasteiger partial charge < -0.3 is 10.1 Å². The minimum absolute atomic E-state index is 0.100. The van der Waals surface area contributed by atoms with Gasteiger partial charge in [0.25, 0.3) is 0 Å². The zero-order valence-electron chi connectivity index (χ0n) is 14.0. The molecule has 1 saturated carbocycles. The first-order valence-corrected chi connectivity index (χ1v) is 8.53. The maximum Gasteiger partial charge on any atom is 0.250 e. The molecule has 0 aliphatic heterocycles. The highest BCUT2D eigenvalue weighted by atomic mass is 16.5. The molecule has 1 N–H and O–H groups in total. The summed E-state index contributed by atoms with van der Waals surface area (Å²) in [6, 6.07) is 5.77. The fourth-order valence-electron chi connectivity index (χ4n) is 3.09. The van der Waals surface area contributed by atoms with Crippen molar-refractivity contribution in [2.75, 3.05) is 11.9 Å². The summed E-state index contributed by atoms with van der Waals surface area (Å²) in [5.41, 5.74) is 1.60. The van der Waals surface area contributed by atoms with E-state index in [9.17, 15) is 4.79 Å². The molecular formula is C18H24N4O2. The fraction of sp³-hybridized carbons (Fsp3) is 0.500. The summed E-state index contributed by atoms with van der Waals surface area (Å²) in [7, 11) is 0.